The van der Waals surface area contributed by atoms with E-state index < -0.39 is 0 Å². The highest BCUT2D eigenvalue weighted by Crippen LogP contribution is 2.16. The molecule has 0 radical (unpaired) electrons. The zero-order valence-electron chi connectivity index (χ0n) is 16.5. The highest BCUT2D eigenvalue weighted by atomic mass is 127. The lowest BCUT2D eigenvalue weighted by Gasteiger charge is -2.41. The SMILES string of the molecule is CN=C(NCCSCc1ccccc1F)NCC(C)(C)N1CCOCC1.I. The van der Waals surface area contributed by atoms with Gasteiger partial charge in [-0.1, -0.05) is 18.2 Å². The van der Waals surface area contributed by atoms with Gasteiger partial charge in [-0.15, -0.1) is 24.0 Å². The van der Waals surface area contributed by atoms with E-state index in [0.717, 1.165) is 56.7 Å². The van der Waals surface area contributed by atoms with Gasteiger partial charge in [0.25, 0.3) is 0 Å². The molecule has 0 atom stereocenters. The van der Waals surface area contributed by atoms with E-state index in [2.05, 4.69) is 34.4 Å². The van der Waals surface area contributed by atoms with Crippen molar-refractivity contribution in [3.63, 3.8) is 0 Å². The number of benzene rings is 1. The summed E-state index contributed by atoms with van der Waals surface area (Å²) in [6.07, 6.45) is 0. The topological polar surface area (TPSA) is 48.9 Å². The van der Waals surface area contributed by atoms with Crippen molar-refractivity contribution in [1.82, 2.24) is 15.5 Å². The molecule has 154 valence electrons. The summed E-state index contributed by atoms with van der Waals surface area (Å²) in [6.45, 7) is 9.61. The van der Waals surface area contributed by atoms with Crippen molar-refractivity contribution in [2.45, 2.75) is 25.1 Å². The maximum atomic E-state index is 13.6. The number of ether oxygens (including phenoxy) is 1. The quantitative estimate of drug-likeness (QED) is 0.244. The summed E-state index contributed by atoms with van der Waals surface area (Å²) < 4.78 is 19.0. The van der Waals surface area contributed by atoms with Gasteiger partial charge in [0.1, 0.15) is 5.82 Å². The molecule has 27 heavy (non-hydrogen) atoms. The van der Waals surface area contributed by atoms with Crippen LogP contribution in [0, 0.1) is 5.82 Å². The van der Waals surface area contributed by atoms with E-state index in [0.29, 0.717) is 5.75 Å². The Morgan fingerprint density at radius 3 is 2.63 bits per heavy atom. The Hall–Kier alpha value is -0.580. The molecule has 0 bridgehead atoms. The maximum Gasteiger partial charge on any atom is 0.191 e. The fourth-order valence-electron chi connectivity index (χ4n) is 2.84. The van der Waals surface area contributed by atoms with E-state index in [9.17, 15) is 4.39 Å². The molecule has 0 aromatic heterocycles. The molecule has 2 rings (SSSR count). The molecule has 0 aliphatic carbocycles. The first-order valence-electron chi connectivity index (χ1n) is 9.11. The molecular weight excluding hydrogens is 478 g/mol. The van der Waals surface area contributed by atoms with Crippen LogP contribution in [0.2, 0.25) is 0 Å². The number of thioether (sulfide) groups is 1. The minimum absolute atomic E-state index is 0. The van der Waals surface area contributed by atoms with Crippen LogP contribution in [0.3, 0.4) is 0 Å². The summed E-state index contributed by atoms with van der Waals surface area (Å²) in [5.74, 6) is 2.25. The number of nitrogens with zero attached hydrogens (tertiary/aromatic N) is 2. The predicted octanol–water partition coefficient (Wildman–Crippen LogP) is 2.95. The van der Waals surface area contributed by atoms with Crippen molar-refractivity contribution in [3.8, 4) is 0 Å². The van der Waals surface area contributed by atoms with Gasteiger partial charge in [-0.2, -0.15) is 11.8 Å². The van der Waals surface area contributed by atoms with E-state index in [1.54, 1.807) is 24.9 Å². The molecule has 1 aromatic carbocycles. The first-order valence-corrected chi connectivity index (χ1v) is 10.3. The van der Waals surface area contributed by atoms with Gasteiger partial charge >= 0.3 is 0 Å². The number of hydrogen-bond acceptors (Lipinski definition) is 4. The third kappa shape index (κ3) is 8.53. The molecule has 5 nitrogen and oxygen atoms in total. The first-order chi connectivity index (χ1) is 12.5. The lowest BCUT2D eigenvalue weighted by atomic mass is 10.0. The number of aliphatic imine (C=N–C) groups is 1. The van der Waals surface area contributed by atoms with E-state index in [1.807, 2.05) is 12.1 Å². The number of halogens is 2. The minimum Gasteiger partial charge on any atom is -0.379 e. The van der Waals surface area contributed by atoms with E-state index in [-0.39, 0.29) is 35.3 Å². The van der Waals surface area contributed by atoms with Gasteiger partial charge in [0.2, 0.25) is 0 Å². The Labute approximate surface area is 183 Å². The fourth-order valence-corrected chi connectivity index (χ4v) is 3.69. The number of hydrogen-bond donors (Lipinski definition) is 2. The van der Waals surface area contributed by atoms with Gasteiger partial charge in [0.05, 0.1) is 13.2 Å². The summed E-state index contributed by atoms with van der Waals surface area (Å²) in [7, 11) is 1.78. The standard InChI is InChI=1S/C19H31FN4OS.HI/c1-19(2,24-9-11-25-12-10-24)15-23-18(21-3)22-8-13-26-14-16-6-4-5-7-17(16)20;/h4-7H,8-15H2,1-3H3,(H2,21,22,23);1H. The van der Waals surface area contributed by atoms with Crippen molar-refractivity contribution >= 4 is 41.7 Å². The third-order valence-corrected chi connectivity index (χ3v) is 5.54. The molecule has 0 spiro atoms. The van der Waals surface area contributed by atoms with E-state index >= 15 is 0 Å². The molecule has 0 unspecified atom stereocenters. The van der Waals surface area contributed by atoms with Gasteiger partial charge in [0.15, 0.2) is 5.96 Å². The third-order valence-electron chi connectivity index (χ3n) is 4.53. The molecule has 1 fully saturated rings. The van der Waals surface area contributed by atoms with Crippen LogP contribution in [-0.2, 0) is 10.5 Å². The van der Waals surface area contributed by atoms with Crippen molar-refractivity contribution < 1.29 is 9.13 Å². The van der Waals surface area contributed by atoms with Gasteiger partial charge < -0.3 is 15.4 Å². The Morgan fingerprint density at radius 1 is 1.26 bits per heavy atom. The van der Waals surface area contributed by atoms with Crippen LogP contribution in [0.15, 0.2) is 29.3 Å². The molecule has 1 aliphatic heterocycles. The molecule has 2 N–H and O–H groups in total. The van der Waals surface area contributed by atoms with Crippen molar-refractivity contribution in [1.29, 1.82) is 0 Å². The predicted molar refractivity (Wildman–Crippen MR) is 124 cm³/mol. The summed E-state index contributed by atoms with van der Waals surface area (Å²) >= 11 is 1.71. The van der Waals surface area contributed by atoms with Crippen LogP contribution in [0.25, 0.3) is 0 Å². The lowest BCUT2D eigenvalue weighted by Crippen LogP contribution is -2.56. The van der Waals surface area contributed by atoms with Crippen LogP contribution in [0.1, 0.15) is 19.4 Å². The van der Waals surface area contributed by atoms with E-state index in [4.69, 9.17) is 4.74 Å². The zero-order chi connectivity index (χ0) is 18.8. The molecule has 8 heteroatoms. The number of rotatable bonds is 8. The molecule has 0 saturated carbocycles. The maximum absolute atomic E-state index is 13.6. The normalized spacial score (nSPS) is 15.9. The van der Waals surface area contributed by atoms with Crippen molar-refractivity contribution in [3.05, 3.63) is 35.6 Å². The second-order valence-electron chi connectivity index (χ2n) is 6.91. The molecular formula is C19H32FIN4OS. The van der Waals surface area contributed by atoms with Gasteiger partial charge in [0, 0.05) is 50.3 Å². The molecule has 1 aliphatic rings. The second kappa shape index (κ2) is 12.8. The van der Waals surface area contributed by atoms with Crippen LogP contribution in [0.5, 0.6) is 0 Å². The van der Waals surface area contributed by atoms with Crippen molar-refractivity contribution in [2.75, 3.05) is 52.2 Å². The first kappa shape index (κ1) is 24.5. The van der Waals surface area contributed by atoms with Crippen LogP contribution < -0.4 is 10.6 Å². The summed E-state index contributed by atoms with van der Waals surface area (Å²) in [5, 5.41) is 6.74. The highest BCUT2D eigenvalue weighted by Gasteiger charge is 2.28. The molecule has 1 heterocycles. The average molecular weight is 510 g/mol. The summed E-state index contributed by atoms with van der Waals surface area (Å²) in [5.41, 5.74) is 0.799. The van der Waals surface area contributed by atoms with Crippen LogP contribution in [-0.4, -0.2) is 68.6 Å². The highest BCUT2D eigenvalue weighted by molar-refractivity contribution is 14.0. The molecule has 1 saturated heterocycles. The number of guanidine groups is 1. The largest absolute Gasteiger partial charge is 0.379 e. The molecule has 1 aromatic rings. The van der Waals surface area contributed by atoms with E-state index in [1.165, 1.54) is 6.07 Å². The van der Waals surface area contributed by atoms with Crippen molar-refractivity contribution in [2.24, 2.45) is 4.99 Å². The average Bonchev–Trinajstić information content (AvgIpc) is 2.66. The Kier molecular flexibility index (Phi) is 11.6. The lowest BCUT2D eigenvalue weighted by molar-refractivity contribution is -0.00833. The smallest absolute Gasteiger partial charge is 0.191 e. The Morgan fingerprint density at radius 2 is 1.96 bits per heavy atom. The zero-order valence-corrected chi connectivity index (χ0v) is 19.6. The summed E-state index contributed by atoms with van der Waals surface area (Å²) in [6, 6.07) is 6.94. The fraction of sp³-hybridized carbons (Fsp3) is 0.632. The number of morpholine rings is 1. The van der Waals surface area contributed by atoms with Crippen LogP contribution >= 0.6 is 35.7 Å². The number of nitrogens with one attached hydrogen (secondary N) is 2. The van der Waals surface area contributed by atoms with Gasteiger partial charge in [-0.25, -0.2) is 4.39 Å². The monoisotopic (exact) mass is 510 g/mol. The Balaban J connectivity index is 0.00000364. The summed E-state index contributed by atoms with van der Waals surface area (Å²) in [4.78, 5) is 6.73. The minimum atomic E-state index is -0.129. The van der Waals surface area contributed by atoms with Gasteiger partial charge in [-0.3, -0.25) is 9.89 Å². The van der Waals surface area contributed by atoms with Crippen LogP contribution in [0.4, 0.5) is 4.39 Å². The molecule has 0 amide bonds. The Bertz CT molecular complexity index is 583. The second-order valence-corrected chi connectivity index (χ2v) is 8.01. The van der Waals surface area contributed by atoms with Gasteiger partial charge in [-0.05, 0) is 25.5 Å².